The lowest BCUT2D eigenvalue weighted by atomic mass is 10.1. The number of morpholine rings is 2. The van der Waals surface area contributed by atoms with E-state index in [9.17, 15) is 9.59 Å². The number of nitrogens with zero attached hydrogens (tertiary/aromatic N) is 2. The monoisotopic (exact) mass is 387 g/mol. The second-order valence-electron chi connectivity index (χ2n) is 8.09. The molecule has 1 aliphatic carbocycles. The highest BCUT2D eigenvalue weighted by molar-refractivity contribution is 5.94. The van der Waals surface area contributed by atoms with Crippen molar-refractivity contribution in [2.45, 2.75) is 45.0 Å². The normalized spacial score (nSPS) is 28.1. The van der Waals surface area contributed by atoms with Gasteiger partial charge in [0.05, 0.1) is 36.7 Å². The highest BCUT2D eigenvalue weighted by Crippen LogP contribution is 2.32. The smallest absolute Gasteiger partial charge is 0.322 e. The van der Waals surface area contributed by atoms with Crippen LogP contribution in [0.4, 0.5) is 16.2 Å². The molecular weight excluding hydrogens is 358 g/mol. The van der Waals surface area contributed by atoms with Gasteiger partial charge < -0.3 is 24.6 Å². The molecular formula is C21H29N3O4. The summed E-state index contributed by atoms with van der Waals surface area (Å²) in [5.74, 6) is 0.285. The Hall–Kier alpha value is -2.12. The Balaban J connectivity index is 1.43. The lowest BCUT2D eigenvalue weighted by molar-refractivity contribution is -0.135. The molecule has 7 heteroatoms. The van der Waals surface area contributed by atoms with Crippen molar-refractivity contribution in [1.82, 2.24) is 4.90 Å². The van der Waals surface area contributed by atoms with Crippen LogP contribution in [0.3, 0.4) is 0 Å². The molecule has 3 aliphatic rings. The van der Waals surface area contributed by atoms with Gasteiger partial charge in [-0.05, 0) is 38.8 Å². The quantitative estimate of drug-likeness (QED) is 0.860. The van der Waals surface area contributed by atoms with Gasteiger partial charge in [-0.1, -0.05) is 12.1 Å². The summed E-state index contributed by atoms with van der Waals surface area (Å²) in [5, 5.41) is 3.05. The third kappa shape index (κ3) is 4.31. The number of benzene rings is 1. The molecule has 1 aromatic carbocycles. The van der Waals surface area contributed by atoms with Crippen LogP contribution in [0.25, 0.3) is 0 Å². The number of Topliss-reactive ketones (excluding diaryl/α,β-unsaturated/α-hetero) is 1. The molecule has 2 saturated heterocycles. The summed E-state index contributed by atoms with van der Waals surface area (Å²) < 4.78 is 11.5. The first kappa shape index (κ1) is 19.2. The Kier molecular flexibility index (Phi) is 5.55. The van der Waals surface area contributed by atoms with Crippen molar-refractivity contribution >= 4 is 23.2 Å². The van der Waals surface area contributed by atoms with Gasteiger partial charge in [-0.3, -0.25) is 4.79 Å². The molecule has 0 radical (unpaired) electrons. The van der Waals surface area contributed by atoms with E-state index < -0.39 is 6.10 Å². The molecule has 0 aromatic heterocycles. The zero-order valence-electron chi connectivity index (χ0n) is 16.6. The Labute approximate surface area is 166 Å². The maximum atomic E-state index is 12.9. The number of anilines is 2. The van der Waals surface area contributed by atoms with Crippen molar-refractivity contribution in [1.29, 1.82) is 0 Å². The minimum absolute atomic E-state index is 0.138. The number of urea groups is 1. The predicted octanol–water partition coefficient (Wildman–Crippen LogP) is 2.51. The number of ketones is 1. The maximum absolute atomic E-state index is 12.9. The number of ether oxygens (including phenoxy) is 2. The molecule has 1 aromatic rings. The van der Waals surface area contributed by atoms with Crippen LogP contribution < -0.4 is 10.2 Å². The number of amides is 2. The van der Waals surface area contributed by atoms with E-state index in [1.165, 1.54) is 0 Å². The number of para-hydroxylation sites is 2. The average molecular weight is 387 g/mol. The summed E-state index contributed by atoms with van der Waals surface area (Å²) in [6.45, 7) is 6.92. The number of nitrogens with one attached hydrogen (secondary N) is 1. The first-order valence-electron chi connectivity index (χ1n) is 10.2. The van der Waals surface area contributed by atoms with Crippen molar-refractivity contribution in [2.24, 2.45) is 5.92 Å². The highest BCUT2D eigenvalue weighted by atomic mass is 16.5. The summed E-state index contributed by atoms with van der Waals surface area (Å²) in [5.41, 5.74) is 1.78. The van der Waals surface area contributed by atoms with Crippen molar-refractivity contribution < 1.29 is 19.1 Å². The first-order valence-corrected chi connectivity index (χ1v) is 10.2. The van der Waals surface area contributed by atoms with Gasteiger partial charge in [-0.15, -0.1) is 0 Å². The largest absolute Gasteiger partial charge is 0.372 e. The Bertz CT molecular complexity index is 726. The molecule has 1 saturated carbocycles. The maximum Gasteiger partial charge on any atom is 0.322 e. The fourth-order valence-electron chi connectivity index (χ4n) is 4.06. The number of hydrogen-bond donors (Lipinski definition) is 1. The molecule has 0 bridgehead atoms. The summed E-state index contributed by atoms with van der Waals surface area (Å²) >= 11 is 0. The van der Waals surface area contributed by atoms with Gasteiger partial charge in [-0.2, -0.15) is 0 Å². The molecule has 3 atom stereocenters. The first-order chi connectivity index (χ1) is 13.5. The van der Waals surface area contributed by atoms with Gasteiger partial charge >= 0.3 is 6.03 Å². The van der Waals surface area contributed by atoms with Crippen LogP contribution in [0.15, 0.2) is 24.3 Å². The van der Waals surface area contributed by atoms with Gasteiger partial charge in [-0.25, -0.2) is 4.79 Å². The lowest BCUT2D eigenvalue weighted by Gasteiger charge is -2.38. The Morgan fingerprint density at radius 1 is 1.07 bits per heavy atom. The molecule has 2 aliphatic heterocycles. The molecule has 1 N–H and O–H groups in total. The predicted molar refractivity (Wildman–Crippen MR) is 107 cm³/mol. The van der Waals surface area contributed by atoms with Gasteiger partial charge in [0.15, 0.2) is 5.78 Å². The van der Waals surface area contributed by atoms with Crippen molar-refractivity contribution in [2.75, 3.05) is 43.0 Å². The summed E-state index contributed by atoms with van der Waals surface area (Å²) in [4.78, 5) is 29.1. The van der Waals surface area contributed by atoms with E-state index in [4.69, 9.17) is 9.47 Å². The fraction of sp³-hybridized carbons (Fsp3) is 0.619. The third-order valence-electron chi connectivity index (χ3n) is 5.56. The molecule has 152 valence electrons. The van der Waals surface area contributed by atoms with Crippen molar-refractivity contribution in [3.8, 4) is 0 Å². The van der Waals surface area contributed by atoms with Crippen molar-refractivity contribution in [3.63, 3.8) is 0 Å². The second kappa shape index (κ2) is 8.09. The summed E-state index contributed by atoms with van der Waals surface area (Å²) in [7, 11) is 0. The van der Waals surface area contributed by atoms with E-state index in [0.29, 0.717) is 19.7 Å². The lowest BCUT2D eigenvalue weighted by Crippen LogP contribution is -2.50. The zero-order chi connectivity index (χ0) is 19.7. The van der Waals surface area contributed by atoms with Gasteiger partial charge in [0.25, 0.3) is 0 Å². The third-order valence-corrected chi connectivity index (χ3v) is 5.56. The van der Waals surface area contributed by atoms with E-state index in [1.54, 1.807) is 4.90 Å². The van der Waals surface area contributed by atoms with E-state index in [2.05, 4.69) is 24.1 Å². The molecule has 3 fully saturated rings. The van der Waals surface area contributed by atoms with Gasteiger partial charge in [0.2, 0.25) is 0 Å². The van der Waals surface area contributed by atoms with E-state index in [0.717, 1.165) is 37.3 Å². The van der Waals surface area contributed by atoms with E-state index in [-0.39, 0.29) is 29.9 Å². The molecule has 7 nitrogen and oxygen atoms in total. The minimum Gasteiger partial charge on any atom is -0.372 e. The average Bonchev–Trinajstić information content (AvgIpc) is 3.52. The standard InChI is InChI=1S/C21H29N3O4/c1-14-11-24(12-15(2)28-14)18-6-4-3-5-17(18)22-21(26)23-9-10-27-19(13-23)20(25)16-7-8-16/h3-6,14-16,19H,7-13H2,1-2H3,(H,22,26)/t14-,15+,19-/m1/s1. The summed E-state index contributed by atoms with van der Waals surface area (Å²) in [6.07, 6.45) is 1.70. The summed E-state index contributed by atoms with van der Waals surface area (Å²) in [6, 6.07) is 7.67. The number of hydrogen-bond acceptors (Lipinski definition) is 5. The van der Waals surface area contributed by atoms with Crippen LogP contribution in [-0.4, -0.2) is 67.8 Å². The molecule has 0 spiro atoms. The Morgan fingerprint density at radius 2 is 1.79 bits per heavy atom. The minimum atomic E-state index is -0.483. The number of carbonyl (C=O) groups excluding carboxylic acids is 2. The molecule has 2 amide bonds. The van der Waals surface area contributed by atoms with Crippen LogP contribution >= 0.6 is 0 Å². The van der Waals surface area contributed by atoms with Gasteiger partial charge in [0.1, 0.15) is 6.10 Å². The van der Waals surface area contributed by atoms with Crippen LogP contribution in [0.1, 0.15) is 26.7 Å². The van der Waals surface area contributed by atoms with Crippen LogP contribution in [0, 0.1) is 5.92 Å². The second-order valence-corrected chi connectivity index (χ2v) is 8.09. The molecule has 0 unspecified atom stereocenters. The molecule has 28 heavy (non-hydrogen) atoms. The van der Waals surface area contributed by atoms with E-state index in [1.807, 2.05) is 24.3 Å². The fourth-order valence-corrected chi connectivity index (χ4v) is 4.06. The van der Waals surface area contributed by atoms with Gasteiger partial charge in [0, 0.05) is 25.6 Å². The van der Waals surface area contributed by atoms with Crippen LogP contribution in [0.2, 0.25) is 0 Å². The number of carbonyl (C=O) groups is 2. The molecule has 4 rings (SSSR count). The molecule has 2 heterocycles. The highest BCUT2D eigenvalue weighted by Gasteiger charge is 2.38. The number of rotatable bonds is 4. The SMILES string of the molecule is C[C@@H]1CN(c2ccccc2NC(=O)N2CCO[C@@H](C(=O)C3CC3)C2)C[C@H](C)O1. The zero-order valence-corrected chi connectivity index (χ0v) is 16.6. The van der Waals surface area contributed by atoms with E-state index >= 15 is 0 Å². The Morgan fingerprint density at radius 3 is 2.50 bits per heavy atom. The van der Waals surface area contributed by atoms with Crippen LogP contribution in [0.5, 0.6) is 0 Å². The topological polar surface area (TPSA) is 71.1 Å². The van der Waals surface area contributed by atoms with Crippen LogP contribution in [-0.2, 0) is 14.3 Å². The van der Waals surface area contributed by atoms with Crippen molar-refractivity contribution in [3.05, 3.63) is 24.3 Å².